The Morgan fingerprint density at radius 2 is 1.71 bits per heavy atom. The largest absolute Gasteiger partial charge is 0.441 e. The van der Waals surface area contributed by atoms with Crippen LogP contribution in [-0.2, 0) is 12.6 Å². The third kappa shape index (κ3) is 4.36. The van der Waals surface area contributed by atoms with Gasteiger partial charge < -0.3 is 4.42 Å². The van der Waals surface area contributed by atoms with Crippen LogP contribution in [-0.4, -0.2) is 17.1 Å². The maximum Gasteiger partial charge on any atom is 0.416 e. The summed E-state index contributed by atoms with van der Waals surface area (Å²) < 4.78 is 43.5. The summed E-state index contributed by atoms with van der Waals surface area (Å²) in [5.41, 5.74) is 1.25. The summed E-state index contributed by atoms with van der Waals surface area (Å²) >= 11 is 0. The highest BCUT2D eigenvalue weighted by atomic mass is 19.4. The van der Waals surface area contributed by atoms with E-state index >= 15 is 0 Å². The number of aldehydes is 1. The number of aromatic nitrogens is 1. The number of carbonyl (C=O) groups is 2. The fourth-order valence-corrected chi connectivity index (χ4v) is 2.71. The van der Waals surface area contributed by atoms with Crippen molar-refractivity contribution in [2.45, 2.75) is 25.9 Å². The molecule has 0 N–H and O–H groups in total. The quantitative estimate of drug-likeness (QED) is 0.426. The van der Waals surface area contributed by atoms with Gasteiger partial charge in [0.25, 0.3) is 0 Å². The van der Waals surface area contributed by atoms with Crippen molar-refractivity contribution in [3.63, 3.8) is 0 Å². The molecule has 4 nitrogen and oxygen atoms in total. The normalized spacial score (nSPS) is 11.4. The van der Waals surface area contributed by atoms with Gasteiger partial charge in [0.2, 0.25) is 5.89 Å². The maximum atomic E-state index is 12.7. The van der Waals surface area contributed by atoms with Gasteiger partial charge in [-0.25, -0.2) is 4.98 Å². The summed E-state index contributed by atoms with van der Waals surface area (Å²) in [6, 6.07) is 10.9. The van der Waals surface area contributed by atoms with E-state index in [1.807, 2.05) is 0 Å². The van der Waals surface area contributed by atoms with Crippen LogP contribution in [0.4, 0.5) is 13.2 Å². The van der Waals surface area contributed by atoms with Crippen molar-refractivity contribution in [2.75, 3.05) is 0 Å². The molecule has 1 aromatic heterocycles. The predicted octanol–water partition coefficient (Wildman–Crippen LogP) is 5.30. The Morgan fingerprint density at radius 1 is 1.07 bits per heavy atom. The molecular weight excluding hydrogens is 371 g/mol. The van der Waals surface area contributed by atoms with Crippen molar-refractivity contribution in [3.8, 4) is 11.5 Å². The maximum absolute atomic E-state index is 12.7. The Bertz CT molecular complexity index is 987. The summed E-state index contributed by atoms with van der Waals surface area (Å²) in [7, 11) is 0. The number of alkyl halides is 3. The Kier molecular flexibility index (Phi) is 5.44. The smallest absolute Gasteiger partial charge is 0.416 e. The van der Waals surface area contributed by atoms with E-state index in [9.17, 15) is 22.8 Å². The molecule has 0 radical (unpaired) electrons. The second kappa shape index (κ2) is 7.80. The van der Waals surface area contributed by atoms with Gasteiger partial charge >= 0.3 is 6.18 Å². The third-order valence-electron chi connectivity index (χ3n) is 4.31. The first-order valence-corrected chi connectivity index (χ1v) is 8.50. The molecule has 1 heterocycles. The summed E-state index contributed by atoms with van der Waals surface area (Å²) in [4.78, 5) is 27.3. The summed E-state index contributed by atoms with van der Waals surface area (Å²) in [6.45, 7) is 1.69. The molecule has 0 amide bonds. The van der Waals surface area contributed by atoms with Crippen molar-refractivity contribution in [1.82, 2.24) is 4.98 Å². The minimum Gasteiger partial charge on any atom is -0.441 e. The fraction of sp³-hybridized carbons (Fsp3) is 0.190. The van der Waals surface area contributed by atoms with E-state index in [4.69, 9.17) is 4.42 Å². The highest BCUT2D eigenvalue weighted by Crippen LogP contribution is 2.31. The summed E-state index contributed by atoms with van der Waals surface area (Å²) in [6.07, 6.45) is -3.17. The zero-order chi connectivity index (χ0) is 20.3. The summed E-state index contributed by atoms with van der Waals surface area (Å²) in [5, 5.41) is 0. The lowest BCUT2D eigenvalue weighted by atomic mass is 10.0. The van der Waals surface area contributed by atoms with Gasteiger partial charge in [-0.05, 0) is 31.2 Å². The molecule has 0 aliphatic carbocycles. The zero-order valence-corrected chi connectivity index (χ0v) is 14.9. The minimum atomic E-state index is -4.40. The van der Waals surface area contributed by atoms with Crippen LogP contribution in [0, 0.1) is 6.92 Å². The van der Waals surface area contributed by atoms with E-state index in [0.29, 0.717) is 40.9 Å². The first-order valence-electron chi connectivity index (χ1n) is 8.50. The van der Waals surface area contributed by atoms with Crippen molar-refractivity contribution in [1.29, 1.82) is 0 Å². The molecule has 0 atom stereocenters. The van der Waals surface area contributed by atoms with Crippen molar-refractivity contribution in [2.24, 2.45) is 0 Å². The van der Waals surface area contributed by atoms with Gasteiger partial charge in [-0.1, -0.05) is 24.3 Å². The number of carbonyl (C=O) groups excluding carboxylic acids is 2. The predicted molar refractivity (Wildman–Crippen MR) is 96.2 cm³/mol. The van der Waals surface area contributed by atoms with Crippen LogP contribution in [0.3, 0.4) is 0 Å². The van der Waals surface area contributed by atoms with Crippen LogP contribution in [0.2, 0.25) is 0 Å². The number of Topliss-reactive ketones (excluding diaryl/α,β-unsaturated/α-hetero) is 1. The molecule has 0 unspecified atom stereocenters. The summed E-state index contributed by atoms with van der Waals surface area (Å²) in [5.74, 6) is 0.624. The molecule has 0 fully saturated rings. The third-order valence-corrected chi connectivity index (χ3v) is 4.31. The number of nitrogens with zero attached hydrogens (tertiary/aromatic N) is 1. The van der Waals surface area contributed by atoms with Gasteiger partial charge in [0.05, 0.1) is 11.3 Å². The first-order chi connectivity index (χ1) is 13.3. The molecular formula is C21H16F3NO3. The Morgan fingerprint density at radius 3 is 2.29 bits per heavy atom. The van der Waals surface area contributed by atoms with Gasteiger partial charge in [0.15, 0.2) is 5.78 Å². The van der Waals surface area contributed by atoms with E-state index < -0.39 is 11.7 Å². The first kappa shape index (κ1) is 19.5. The molecule has 0 saturated heterocycles. The van der Waals surface area contributed by atoms with Gasteiger partial charge in [-0.3, -0.25) is 9.59 Å². The molecule has 0 saturated carbocycles. The molecule has 0 spiro atoms. The van der Waals surface area contributed by atoms with Gasteiger partial charge in [-0.2, -0.15) is 13.2 Å². The molecule has 28 heavy (non-hydrogen) atoms. The zero-order valence-electron chi connectivity index (χ0n) is 14.9. The molecule has 0 aliphatic rings. The second-order valence-electron chi connectivity index (χ2n) is 6.26. The number of benzene rings is 2. The molecule has 2 aromatic carbocycles. The number of halogens is 3. The molecule has 7 heteroatoms. The SMILES string of the molecule is Cc1oc(-c2ccc(C(F)(F)F)cc2)nc1CCC(=O)c1ccc(C=O)cc1. The number of ketones is 1. The Hall–Kier alpha value is -3.22. The Balaban J connectivity index is 1.70. The van der Waals surface area contributed by atoms with Crippen LogP contribution >= 0.6 is 0 Å². The Labute approximate surface area is 159 Å². The number of hydrogen-bond acceptors (Lipinski definition) is 4. The number of hydrogen-bond donors (Lipinski definition) is 0. The van der Waals surface area contributed by atoms with Crippen molar-refractivity contribution < 1.29 is 27.2 Å². The van der Waals surface area contributed by atoms with E-state index in [0.717, 1.165) is 12.1 Å². The van der Waals surface area contributed by atoms with Crippen LogP contribution in [0.15, 0.2) is 52.9 Å². The molecule has 3 rings (SSSR count). The highest BCUT2D eigenvalue weighted by Gasteiger charge is 2.30. The standard InChI is InChI=1S/C21H16F3NO3/c1-13-18(10-11-19(27)15-4-2-14(12-26)3-5-15)25-20(28-13)16-6-8-17(9-7-16)21(22,23)24/h2-9,12H,10-11H2,1H3. The van der Waals surface area contributed by atoms with Crippen LogP contribution in [0.25, 0.3) is 11.5 Å². The van der Waals surface area contributed by atoms with Crippen molar-refractivity contribution in [3.05, 3.63) is 76.7 Å². The lowest BCUT2D eigenvalue weighted by Crippen LogP contribution is -2.04. The average molecular weight is 387 g/mol. The van der Waals surface area contributed by atoms with E-state index in [1.54, 1.807) is 31.2 Å². The minimum absolute atomic E-state index is 0.101. The molecule has 144 valence electrons. The molecule has 3 aromatic rings. The highest BCUT2D eigenvalue weighted by molar-refractivity contribution is 5.96. The number of aryl methyl sites for hydroxylation is 2. The van der Waals surface area contributed by atoms with E-state index in [1.165, 1.54) is 12.1 Å². The van der Waals surface area contributed by atoms with Gasteiger partial charge in [-0.15, -0.1) is 0 Å². The van der Waals surface area contributed by atoms with Gasteiger partial charge in [0.1, 0.15) is 12.0 Å². The van der Waals surface area contributed by atoms with Crippen molar-refractivity contribution >= 4 is 12.1 Å². The average Bonchev–Trinajstić information content (AvgIpc) is 3.06. The second-order valence-corrected chi connectivity index (χ2v) is 6.26. The van der Waals surface area contributed by atoms with Crippen LogP contribution < -0.4 is 0 Å². The molecule has 0 aliphatic heterocycles. The van der Waals surface area contributed by atoms with Crippen LogP contribution in [0.5, 0.6) is 0 Å². The topological polar surface area (TPSA) is 60.2 Å². The fourth-order valence-electron chi connectivity index (χ4n) is 2.71. The molecule has 0 bridgehead atoms. The number of rotatable bonds is 6. The van der Waals surface area contributed by atoms with Crippen LogP contribution in [0.1, 0.15) is 44.2 Å². The van der Waals surface area contributed by atoms with Gasteiger partial charge in [0, 0.05) is 29.5 Å². The van der Waals surface area contributed by atoms with E-state index in [2.05, 4.69) is 4.98 Å². The monoisotopic (exact) mass is 387 g/mol. The number of oxazole rings is 1. The lowest BCUT2D eigenvalue weighted by molar-refractivity contribution is -0.137. The van der Waals surface area contributed by atoms with E-state index in [-0.39, 0.29) is 18.1 Å². The lowest BCUT2D eigenvalue weighted by Gasteiger charge is -2.06.